The smallest absolute Gasteiger partial charge is 0.410 e. The minimum absolute atomic E-state index is 0.0439. The van der Waals surface area contributed by atoms with Crippen molar-refractivity contribution in [2.24, 2.45) is 0 Å². The lowest BCUT2D eigenvalue weighted by molar-refractivity contribution is -0.174. The minimum Gasteiger partial charge on any atom is -0.493 e. The number of anilines is 1. The van der Waals surface area contributed by atoms with E-state index in [4.69, 9.17) is 13.9 Å². The molecule has 186 valence electrons. The molecule has 35 heavy (non-hydrogen) atoms. The first kappa shape index (κ1) is 23.1. The SMILES string of the molecule is COc1cc2c(cc1OC)[C@H](C)N(C(=O)c1cc3n(n1)[C@@H](C(F)(F)F)C[C@H](c1ccco1)N3)CC2. The molecule has 0 radical (unpaired) electrons. The van der Waals surface area contributed by atoms with E-state index in [9.17, 15) is 18.0 Å². The van der Waals surface area contributed by atoms with Gasteiger partial charge in [-0.15, -0.1) is 0 Å². The molecule has 2 aromatic heterocycles. The Hall–Kier alpha value is -3.63. The van der Waals surface area contributed by atoms with Crippen LogP contribution in [0.25, 0.3) is 0 Å². The molecule has 5 rings (SSSR count). The van der Waals surface area contributed by atoms with Crippen LogP contribution in [0.3, 0.4) is 0 Å². The number of carbonyl (C=O) groups excluding carboxylic acids is 1. The zero-order chi connectivity index (χ0) is 24.9. The molecular formula is C24H25F3N4O4. The van der Waals surface area contributed by atoms with Gasteiger partial charge in [0.05, 0.1) is 32.6 Å². The number of nitrogens with one attached hydrogen (secondary N) is 1. The number of alkyl halides is 3. The van der Waals surface area contributed by atoms with E-state index in [1.54, 1.807) is 24.1 Å². The minimum atomic E-state index is -4.54. The second-order valence-corrected chi connectivity index (χ2v) is 8.70. The zero-order valence-corrected chi connectivity index (χ0v) is 19.4. The molecule has 8 nitrogen and oxygen atoms in total. The highest BCUT2D eigenvalue weighted by molar-refractivity contribution is 5.93. The molecule has 2 aliphatic rings. The molecule has 0 saturated carbocycles. The Kier molecular flexibility index (Phi) is 5.65. The van der Waals surface area contributed by atoms with Crippen LogP contribution in [0.5, 0.6) is 11.5 Å². The fourth-order valence-corrected chi connectivity index (χ4v) is 4.92. The van der Waals surface area contributed by atoms with Gasteiger partial charge in [0.15, 0.2) is 23.2 Å². The topological polar surface area (TPSA) is 81.8 Å². The third-order valence-corrected chi connectivity index (χ3v) is 6.74. The summed E-state index contributed by atoms with van der Waals surface area (Å²) in [5.41, 5.74) is 1.89. The van der Waals surface area contributed by atoms with Crippen molar-refractivity contribution in [3.63, 3.8) is 0 Å². The van der Waals surface area contributed by atoms with E-state index in [-0.39, 0.29) is 24.0 Å². The van der Waals surface area contributed by atoms with E-state index in [0.29, 0.717) is 30.2 Å². The van der Waals surface area contributed by atoms with Crippen molar-refractivity contribution in [3.05, 3.63) is 59.2 Å². The lowest BCUT2D eigenvalue weighted by Crippen LogP contribution is -2.39. The van der Waals surface area contributed by atoms with Crippen LogP contribution in [-0.2, 0) is 6.42 Å². The monoisotopic (exact) mass is 490 g/mol. The number of furan rings is 1. The van der Waals surface area contributed by atoms with Gasteiger partial charge in [-0.3, -0.25) is 4.79 Å². The van der Waals surface area contributed by atoms with E-state index >= 15 is 0 Å². The van der Waals surface area contributed by atoms with Crippen LogP contribution < -0.4 is 14.8 Å². The molecule has 0 spiro atoms. The van der Waals surface area contributed by atoms with Crippen LogP contribution in [0.4, 0.5) is 19.0 Å². The molecule has 2 aliphatic heterocycles. The van der Waals surface area contributed by atoms with Crippen molar-refractivity contribution in [1.82, 2.24) is 14.7 Å². The number of nitrogens with zero attached hydrogens (tertiary/aromatic N) is 3. The van der Waals surface area contributed by atoms with Gasteiger partial charge in [-0.05, 0) is 48.7 Å². The van der Waals surface area contributed by atoms with E-state index in [0.717, 1.165) is 15.8 Å². The van der Waals surface area contributed by atoms with Gasteiger partial charge in [0.25, 0.3) is 5.91 Å². The van der Waals surface area contributed by atoms with Crippen molar-refractivity contribution < 1.29 is 31.9 Å². The summed E-state index contributed by atoms with van der Waals surface area (Å²) in [7, 11) is 3.10. The Bertz CT molecular complexity index is 1240. The average molecular weight is 490 g/mol. The molecule has 3 atom stereocenters. The number of amides is 1. The largest absolute Gasteiger partial charge is 0.493 e. The van der Waals surface area contributed by atoms with Gasteiger partial charge in [0.2, 0.25) is 0 Å². The van der Waals surface area contributed by atoms with Gasteiger partial charge in [0.1, 0.15) is 11.6 Å². The second kappa shape index (κ2) is 8.54. The summed E-state index contributed by atoms with van der Waals surface area (Å²) >= 11 is 0. The van der Waals surface area contributed by atoms with Crippen molar-refractivity contribution in [1.29, 1.82) is 0 Å². The molecule has 1 aromatic carbocycles. The van der Waals surface area contributed by atoms with Crippen LogP contribution in [-0.4, -0.2) is 47.5 Å². The first-order chi connectivity index (χ1) is 16.7. The van der Waals surface area contributed by atoms with Crippen molar-refractivity contribution >= 4 is 11.7 Å². The summed E-state index contributed by atoms with van der Waals surface area (Å²) in [4.78, 5) is 15.1. The number of hydrogen-bond acceptors (Lipinski definition) is 6. The lowest BCUT2D eigenvalue weighted by atomic mass is 9.92. The summed E-state index contributed by atoms with van der Waals surface area (Å²) in [5.74, 6) is 1.24. The third kappa shape index (κ3) is 3.98. The fourth-order valence-electron chi connectivity index (χ4n) is 4.92. The highest BCUT2D eigenvalue weighted by Crippen LogP contribution is 2.44. The Balaban J connectivity index is 1.46. The number of ether oxygens (including phenoxy) is 2. The standard InChI is InChI=1S/C24H25F3N4O4/c1-13-15-10-20(34-3)19(33-2)9-14(15)6-7-30(13)23(32)17-12-22-28-16(18-5-4-8-35-18)11-21(24(25,26)27)31(22)29-17/h4-5,8-10,12-13,16,21,28H,6-7,11H2,1-3H3/t13-,16+,21+/m0/s1. The molecular weight excluding hydrogens is 465 g/mol. The number of aromatic nitrogens is 2. The number of halogens is 3. The van der Waals surface area contributed by atoms with Crippen LogP contribution >= 0.6 is 0 Å². The van der Waals surface area contributed by atoms with Gasteiger partial charge in [-0.1, -0.05) is 0 Å². The Morgan fingerprint density at radius 2 is 1.94 bits per heavy atom. The molecule has 0 aliphatic carbocycles. The van der Waals surface area contributed by atoms with Gasteiger partial charge in [0, 0.05) is 19.0 Å². The normalized spacial score (nSPS) is 21.7. The van der Waals surface area contributed by atoms with Crippen molar-refractivity contribution in [2.75, 3.05) is 26.1 Å². The first-order valence-electron chi connectivity index (χ1n) is 11.2. The molecule has 11 heteroatoms. The van der Waals surface area contributed by atoms with Crippen LogP contribution in [0, 0.1) is 0 Å². The van der Waals surface area contributed by atoms with Gasteiger partial charge in [-0.2, -0.15) is 18.3 Å². The molecule has 1 amide bonds. The van der Waals surface area contributed by atoms with Crippen LogP contribution in [0.2, 0.25) is 0 Å². The van der Waals surface area contributed by atoms with E-state index < -0.39 is 24.2 Å². The molecule has 4 heterocycles. The molecule has 3 aromatic rings. The fraction of sp³-hybridized carbons (Fsp3) is 0.417. The summed E-state index contributed by atoms with van der Waals surface area (Å²) < 4.78 is 58.7. The quantitative estimate of drug-likeness (QED) is 0.560. The molecule has 0 bridgehead atoms. The zero-order valence-electron chi connectivity index (χ0n) is 19.4. The summed E-state index contributed by atoms with van der Waals surface area (Å²) in [6.07, 6.45) is -2.85. The number of hydrogen-bond donors (Lipinski definition) is 1. The Morgan fingerprint density at radius 3 is 2.60 bits per heavy atom. The maximum absolute atomic E-state index is 13.9. The highest BCUT2D eigenvalue weighted by atomic mass is 19.4. The lowest BCUT2D eigenvalue weighted by Gasteiger charge is -2.35. The summed E-state index contributed by atoms with van der Waals surface area (Å²) in [6, 6.07) is 5.47. The number of rotatable bonds is 4. The van der Waals surface area contributed by atoms with Gasteiger partial charge < -0.3 is 24.1 Å². The Morgan fingerprint density at radius 1 is 1.20 bits per heavy atom. The van der Waals surface area contributed by atoms with E-state index in [1.165, 1.54) is 19.4 Å². The second-order valence-electron chi connectivity index (χ2n) is 8.70. The van der Waals surface area contributed by atoms with E-state index in [1.807, 2.05) is 19.1 Å². The van der Waals surface area contributed by atoms with Gasteiger partial charge in [-0.25, -0.2) is 4.68 Å². The number of methoxy groups -OCH3 is 2. The summed E-state index contributed by atoms with van der Waals surface area (Å²) in [5, 5.41) is 7.15. The molecule has 0 fully saturated rings. The molecule has 0 unspecified atom stereocenters. The molecule has 0 saturated heterocycles. The summed E-state index contributed by atoms with van der Waals surface area (Å²) in [6.45, 7) is 2.28. The molecule has 1 N–H and O–H groups in total. The highest BCUT2D eigenvalue weighted by Gasteiger charge is 2.47. The maximum Gasteiger partial charge on any atom is 0.410 e. The third-order valence-electron chi connectivity index (χ3n) is 6.74. The number of carbonyl (C=O) groups is 1. The number of fused-ring (bicyclic) bond motifs is 2. The van der Waals surface area contributed by atoms with Crippen molar-refractivity contribution in [3.8, 4) is 11.5 Å². The van der Waals surface area contributed by atoms with E-state index in [2.05, 4.69) is 10.4 Å². The predicted molar refractivity (Wildman–Crippen MR) is 120 cm³/mol. The predicted octanol–water partition coefficient (Wildman–Crippen LogP) is 4.91. The van der Waals surface area contributed by atoms with Crippen LogP contribution in [0.1, 0.15) is 58.8 Å². The number of benzene rings is 1. The maximum atomic E-state index is 13.9. The first-order valence-corrected chi connectivity index (χ1v) is 11.2. The average Bonchev–Trinajstić information content (AvgIpc) is 3.52. The Labute approximate surface area is 199 Å². The van der Waals surface area contributed by atoms with Crippen molar-refractivity contribution in [2.45, 2.75) is 44.1 Å². The van der Waals surface area contributed by atoms with Gasteiger partial charge >= 0.3 is 6.18 Å². The van der Waals surface area contributed by atoms with Crippen LogP contribution in [0.15, 0.2) is 41.0 Å².